The van der Waals surface area contributed by atoms with E-state index in [-0.39, 0.29) is 21.7 Å². The third-order valence-corrected chi connectivity index (χ3v) is 5.68. The molecule has 3 rings (SSSR count). The van der Waals surface area contributed by atoms with Gasteiger partial charge in [-0.25, -0.2) is 18.4 Å². The van der Waals surface area contributed by atoms with Crippen LogP contribution < -0.4 is 10.5 Å². The molecule has 1 aliphatic rings. The molecule has 3 N–H and O–H groups in total. The van der Waals surface area contributed by atoms with E-state index in [1.807, 2.05) is 0 Å². The number of rotatable bonds is 7. The Morgan fingerprint density at radius 3 is 2.16 bits per heavy atom. The van der Waals surface area contributed by atoms with Crippen LogP contribution >= 0.6 is 0 Å². The van der Waals surface area contributed by atoms with Crippen molar-refractivity contribution in [3.63, 3.8) is 0 Å². The molecule has 0 spiro atoms. The van der Waals surface area contributed by atoms with Crippen molar-refractivity contribution >= 4 is 39.4 Å². The number of amides is 3. The molecule has 0 unspecified atom stereocenters. The molecule has 0 radical (unpaired) electrons. The maximum absolute atomic E-state index is 12.7. The summed E-state index contributed by atoms with van der Waals surface area (Å²) in [6, 6.07) is 10.3. The fourth-order valence-corrected chi connectivity index (χ4v) is 3.87. The van der Waals surface area contributed by atoms with Crippen LogP contribution in [-0.2, 0) is 24.3 Å². The van der Waals surface area contributed by atoms with Gasteiger partial charge in [0.2, 0.25) is 10.0 Å². The summed E-state index contributed by atoms with van der Waals surface area (Å²) in [5, 5.41) is 7.46. The van der Waals surface area contributed by atoms with Crippen LogP contribution in [0.25, 0.3) is 0 Å². The number of carbonyl (C=O) groups is 4. The number of hydrogen-bond donors (Lipinski definition) is 2. The van der Waals surface area contributed by atoms with E-state index in [2.05, 4.69) is 5.32 Å². The summed E-state index contributed by atoms with van der Waals surface area (Å²) in [6.07, 6.45) is 0. The van der Waals surface area contributed by atoms with Gasteiger partial charge in [0.15, 0.2) is 6.61 Å². The first-order chi connectivity index (χ1) is 15.0. The van der Waals surface area contributed by atoms with E-state index in [0.29, 0.717) is 0 Å². The number of sulfonamides is 1. The van der Waals surface area contributed by atoms with E-state index >= 15 is 0 Å². The summed E-state index contributed by atoms with van der Waals surface area (Å²) in [6.45, 7) is 2.59. The van der Waals surface area contributed by atoms with Crippen LogP contribution in [0.15, 0.2) is 53.4 Å². The molecule has 1 heterocycles. The number of hydrogen-bond acceptors (Lipinski definition) is 7. The molecule has 168 valence electrons. The Bertz CT molecular complexity index is 1170. The first-order valence-corrected chi connectivity index (χ1v) is 11.1. The topological polar surface area (TPSA) is 153 Å². The molecular weight excluding hydrogens is 438 g/mol. The number of benzene rings is 2. The molecule has 0 saturated carbocycles. The molecule has 1 aliphatic heterocycles. The Labute approximate surface area is 184 Å². The number of ether oxygens (including phenoxy) is 1. The zero-order valence-electron chi connectivity index (χ0n) is 17.3. The highest BCUT2D eigenvalue weighted by atomic mass is 32.2. The summed E-state index contributed by atoms with van der Waals surface area (Å²) in [5.41, 5.74) is 0.533. The van der Waals surface area contributed by atoms with Gasteiger partial charge < -0.3 is 10.1 Å². The number of nitrogens with one attached hydrogen (secondary N) is 1. The lowest BCUT2D eigenvalue weighted by atomic mass is 10.0. The zero-order valence-corrected chi connectivity index (χ0v) is 18.1. The third kappa shape index (κ3) is 4.68. The number of anilines is 1. The van der Waals surface area contributed by atoms with E-state index in [1.165, 1.54) is 30.3 Å². The molecule has 10 nitrogen and oxygen atoms in total. The second-order valence-electron chi connectivity index (χ2n) is 7.44. The molecule has 11 heteroatoms. The standard InChI is InChI=1S/C21H21N3O7S/c1-12(2)18(24-19(26)15-8-3-4-9-16(15)20(24)27)21(28)31-11-17(25)23-13-6-5-7-14(10-13)32(22,29)30/h3-10,12,18H,11H2,1-2H3,(H,23,25)(H2,22,29,30)/t18-/m0/s1. The predicted octanol–water partition coefficient (Wildman–Crippen LogP) is 1.14. The molecule has 3 amide bonds. The van der Waals surface area contributed by atoms with Crippen LogP contribution in [0.4, 0.5) is 5.69 Å². The van der Waals surface area contributed by atoms with Gasteiger partial charge in [0.1, 0.15) is 6.04 Å². The van der Waals surface area contributed by atoms with Crippen molar-refractivity contribution in [2.45, 2.75) is 24.8 Å². The normalized spacial score (nSPS) is 14.3. The van der Waals surface area contributed by atoms with Crippen molar-refractivity contribution in [2.75, 3.05) is 11.9 Å². The lowest BCUT2D eigenvalue weighted by Crippen LogP contribution is -2.49. The molecule has 1 atom stereocenters. The van der Waals surface area contributed by atoms with Crippen molar-refractivity contribution in [2.24, 2.45) is 11.1 Å². The zero-order chi connectivity index (χ0) is 23.6. The Kier molecular flexibility index (Phi) is 6.42. The van der Waals surface area contributed by atoms with Gasteiger partial charge in [-0.05, 0) is 36.2 Å². The van der Waals surface area contributed by atoms with Gasteiger partial charge in [-0.1, -0.05) is 32.0 Å². The molecule has 32 heavy (non-hydrogen) atoms. The summed E-state index contributed by atoms with van der Waals surface area (Å²) < 4.78 is 27.9. The van der Waals surface area contributed by atoms with E-state index in [4.69, 9.17) is 9.88 Å². The van der Waals surface area contributed by atoms with Gasteiger partial charge in [0.05, 0.1) is 16.0 Å². The Balaban J connectivity index is 1.68. The third-order valence-electron chi connectivity index (χ3n) is 4.77. The van der Waals surface area contributed by atoms with Gasteiger partial charge in [-0.15, -0.1) is 0 Å². The van der Waals surface area contributed by atoms with Gasteiger partial charge >= 0.3 is 5.97 Å². The van der Waals surface area contributed by atoms with Gasteiger partial charge in [-0.3, -0.25) is 19.3 Å². The minimum atomic E-state index is -3.96. The molecule has 2 aromatic carbocycles. The van der Waals surface area contributed by atoms with E-state index < -0.39 is 52.3 Å². The van der Waals surface area contributed by atoms with Crippen LogP contribution in [0.1, 0.15) is 34.6 Å². The van der Waals surface area contributed by atoms with Crippen molar-refractivity contribution in [3.8, 4) is 0 Å². The average molecular weight is 459 g/mol. The van der Waals surface area contributed by atoms with E-state index in [1.54, 1.807) is 26.0 Å². The smallest absolute Gasteiger partial charge is 0.330 e. The number of carbonyl (C=O) groups excluding carboxylic acids is 4. The van der Waals surface area contributed by atoms with Crippen LogP contribution in [0, 0.1) is 5.92 Å². The SMILES string of the molecule is CC(C)[C@@H](C(=O)OCC(=O)Nc1cccc(S(N)(=O)=O)c1)N1C(=O)c2ccccc2C1=O. The first kappa shape index (κ1) is 23.1. The largest absolute Gasteiger partial charge is 0.454 e. The summed E-state index contributed by atoms with van der Waals surface area (Å²) in [7, 11) is -3.96. The predicted molar refractivity (Wildman–Crippen MR) is 113 cm³/mol. The summed E-state index contributed by atoms with van der Waals surface area (Å²) >= 11 is 0. The van der Waals surface area contributed by atoms with Crippen LogP contribution in [-0.4, -0.2) is 49.7 Å². The van der Waals surface area contributed by atoms with Gasteiger partial charge in [0.25, 0.3) is 17.7 Å². The number of imide groups is 1. The average Bonchev–Trinajstić information content (AvgIpc) is 2.97. The molecule has 0 aromatic heterocycles. The highest BCUT2D eigenvalue weighted by molar-refractivity contribution is 7.89. The summed E-state index contributed by atoms with van der Waals surface area (Å²) in [5.74, 6) is -3.34. The molecule has 2 aromatic rings. The van der Waals surface area contributed by atoms with Crippen LogP contribution in [0.3, 0.4) is 0 Å². The molecule has 0 saturated heterocycles. The number of fused-ring (bicyclic) bond motifs is 1. The van der Waals surface area contributed by atoms with Gasteiger partial charge in [-0.2, -0.15) is 0 Å². The molecule has 0 aliphatic carbocycles. The minimum absolute atomic E-state index is 0.137. The van der Waals surface area contributed by atoms with Crippen molar-refractivity contribution in [1.29, 1.82) is 0 Å². The second-order valence-corrected chi connectivity index (χ2v) is 9.00. The minimum Gasteiger partial charge on any atom is -0.454 e. The van der Waals surface area contributed by atoms with Crippen LogP contribution in [0.5, 0.6) is 0 Å². The fraction of sp³-hybridized carbons (Fsp3) is 0.238. The molecular formula is C21H21N3O7S. The highest BCUT2D eigenvalue weighted by Crippen LogP contribution is 2.27. The monoisotopic (exact) mass is 459 g/mol. The maximum Gasteiger partial charge on any atom is 0.330 e. The fourth-order valence-electron chi connectivity index (χ4n) is 3.31. The number of primary sulfonamides is 1. The van der Waals surface area contributed by atoms with Crippen molar-refractivity contribution in [3.05, 3.63) is 59.7 Å². The number of esters is 1. The lowest BCUT2D eigenvalue weighted by molar-refractivity contribution is -0.152. The molecule has 0 bridgehead atoms. The van der Waals surface area contributed by atoms with E-state index in [9.17, 15) is 27.6 Å². The summed E-state index contributed by atoms with van der Waals surface area (Å²) in [4.78, 5) is 51.0. The Hall–Kier alpha value is -3.57. The second kappa shape index (κ2) is 8.89. The van der Waals surface area contributed by atoms with Crippen molar-refractivity contribution < 1.29 is 32.3 Å². The Morgan fingerprint density at radius 2 is 1.62 bits per heavy atom. The lowest BCUT2D eigenvalue weighted by Gasteiger charge is -2.27. The Morgan fingerprint density at radius 1 is 1.03 bits per heavy atom. The number of nitrogens with zero attached hydrogens (tertiary/aromatic N) is 1. The van der Waals surface area contributed by atoms with Crippen LogP contribution in [0.2, 0.25) is 0 Å². The van der Waals surface area contributed by atoms with Gasteiger partial charge in [0, 0.05) is 5.69 Å². The highest BCUT2D eigenvalue weighted by Gasteiger charge is 2.44. The quantitative estimate of drug-likeness (QED) is 0.465. The van der Waals surface area contributed by atoms with E-state index in [0.717, 1.165) is 11.0 Å². The van der Waals surface area contributed by atoms with Crippen molar-refractivity contribution in [1.82, 2.24) is 4.90 Å². The maximum atomic E-state index is 12.7. The number of nitrogens with two attached hydrogens (primary N) is 1. The first-order valence-electron chi connectivity index (χ1n) is 9.57. The molecule has 0 fully saturated rings.